The normalized spacial score (nSPS) is 24.6. The molecule has 2 rings (SSSR count). The zero-order valence-electron chi connectivity index (χ0n) is 9.56. The van der Waals surface area contributed by atoms with Crippen LogP contribution in [0.15, 0.2) is 24.3 Å². The lowest BCUT2D eigenvalue weighted by molar-refractivity contribution is -0.384. The van der Waals surface area contributed by atoms with Crippen molar-refractivity contribution in [2.75, 3.05) is 0 Å². The molecule has 1 aliphatic rings. The van der Waals surface area contributed by atoms with E-state index in [1.165, 1.54) is 31.2 Å². The van der Waals surface area contributed by atoms with Gasteiger partial charge in [-0.3, -0.25) is 10.1 Å². The van der Waals surface area contributed by atoms with Gasteiger partial charge in [0, 0.05) is 12.1 Å². The van der Waals surface area contributed by atoms with Gasteiger partial charge in [0.25, 0.3) is 5.69 Å². The first kappa shape index (κ1) is 11.1. The molecule has 16 heavy (non-hydrogen) atoms. The van der Waals surface area contributed by atoms with Gasteiger partial charge in [-0.15, -0.1) is 0 Å². The molecule has 86 valence electrons. The van der Waals surface area contributed by atoms with Crippen LogP contribution in [-0.2, 0) is 0 Å². The Kier molecular flexibility index (Phi) is 3.22. The minimum Gasteiger partial charge on any atom is -0.258 e. The highest BCUT2D eigenvalue weighted by molar-refractivity contribution is 5.34. The molecule has 2 unspecified atom stereocenters. The van der Waals surface area contributed by atoms with Gasteiger partial charge in [-0.05, 0) is 36.7 Å². The van der Waals surface area contributed by atoms with Crippen LogP contribution in [0.2, 0.25) is 0 Å². The van der Waals surface area contributed by atoms with Crippen LogP contribution >= 0.6 is 0 Å². The zero-order chi connectivity index (χ0) is 11.5. The summed E-state index contributed by atoms with van der Waals surface area (Å²) in [5.41, 5.74) is 1.45. The molecule has 1 aliphatic carbocycles. The van der Waals surface area contributed by atoms with E-state index in [0.29, 0.717) is 5.92 Å². The summed E-state index contributed by atoms with van der Waals surface area (Å²) in [5.74, 6) is 1.46. The Labute approximate surface area is 95.6 Å². The zero-order valence-corrected chi connectivity index (χ0v) is 9.56. The molecule has 0 bridgehead atoms. The van der Waals surface area contributed by atoms with E-state index < -0.39 is 0 Å². The smallest absolute Gasteiger partial charge is 0.258 e. The van der Waals surface area contributed by atoms with E-state index >= 15 is 0 Å². The van der Waals surface area contributed by atoms with E-state index in [9.17, 15) is 10.1 Å². The number of rotatable bonds is 3. The lowest BCUT2D eigenvalue weighted by Crippen LogP contribution is -1.95. The Hall–Kier alpha value is -1.38. The van der Waals surface area contributed by atoms with Crippen molar-refractivity contribution in [1.82, 2.24) is 0 Å². The molecule has 0 amide bonds. The first-order chi connectivity index (χ1) is 7.70. The van der Waals surface area contributed by atoms with Crippen molar-refractivity contribution in [1.29, 1.82) is 0 Å². The van der Waals surface area contributed by atoms with Gasteiger partial charge in [0.15, 0.2) is 0 Å². The highest BCUT2D eigenvalue weighted by atomic mass is 16.6. The molecule has 3 heteroatoms. The van der Waals surface area contributed by atoms with Crippen molar-refractivity contribution in [2.45, 2.75) is 38.5 Å². The minimum atomic E-state index is -0.340. The number of nitro groups is 1. The molecule has 1 fully saturated rings. The van der Waals surface area contributed by atoms with E-state index in [1.54, 1.807) is 12.1 Å². The molecule has 0 spiro atoms. The number of hydrogen-bond acceptors (Lipinski definition) is 2. The summed E-state index contributed by atoms with van der Waals surface area (Å²) in [6.07, 6.45) is 5.03. The molecule has 0 saturated heterocycles. The third kappa shape index (κ3) is 2.23. The average Bonchev–Trinajstić information content (AvgIpc) is 2.77. The summed E-state index contributed by atoms with van der Waals surface area (Å²) in [5, 5.41) is 10.5. The lowest BCUT2D eigenvalue weighted by atomic mass is 9.95. The Bertz CT molecular complexity index is 372. The fourth-order valence-corrected chi connectivity index (χ4v) is 2.62. The van der Waals surface area contributed by atoms with Gasteiger partial charge in [-0.2, -0.15) is 0 Å². The van der Waals surface area contributed by atoms with Crippen LogP contribution in [0, 0.1) is 16.0 Å². The lowest BCUT2D eigenvalue weighted by Gasteiger charge is -2.10. The van der Waals surface area contributed by atoms with E-state index in [1.807, 2.05) is 12.1 Å². The maximum absolute atomic E-state index is 10.5. The summed E-state index contributed by atoms with van der Waals surface area (Å²) in [7, 11) is 0. The van der Waals surface area contributed by atoms with Gasteiger partial charge < -0.3 is 0 Å². The van der Waals surface area contributed by atoms with Crippen molar-refractivity contribution >= 4 is 5.69 Å². The largest absolute Gasteiger partial charge is 0.269 e. The fourth-order valence-electron chi connectivity index (χ4n) is 2.62. The number of benzene rings is 1. The second-order valence-electron chi connectivity index (χ2n) is 4.63. The number of nitro benzene ring substituents is 1. The second-order valence-corrected chi connectivity index (χ2v) is 4.63. The van der Waals surface area contributed by atoms with Crippen LogP contribution in [0.1, 0.15) is 44.1 Å². The Morgan fingerprint density at radius 1 is 1.31 bits per heavy atom. The second kappa shape index (κ2) is 4.64. The molecule has 2 atom stereocenters. The summed E-state index contributed by atoms with van der Waals surface area (Å²) < 4.78 is 0. The summed E-state index contributed by atoms with van der Waals surface area (Å²) >= 11 is 0. The maximum atomic E-state index is 10.5. The monoisotopic (exact) mass is 219 g/mol. The Balaban J connectivity index is 2.08. The van der Waals surface area contributed by atoms with E-state index in [2.05, 4.69) is 6.92 Å². The summed E-state index contributed by atoms with van der Waals surface area (Å²) in [4.78, 5) is 10.2. The first-order valence-electron chi connectivity index (χ1n) is 5.95. The molecule has 0 N–H and O–H groups in total. The predicted octanol–water partition coefficient (Wildman–Crippen LogP) is 3.89. The minimum absolute atomic E-state index is 0.189. The molecule has 0 heterocycles. The highest BCUT2D eigenvalue weighted by Gasteiger charge is 2.24. The summed E-state index contributed by atoms with van der Waals surface area (Å²) in [6.45, 7) is 2.24. The van der Waals surface area contributed by atoms with Crippen molar-refractivity contribution < 1.29 is 4.92 Å². The fraction of sp³-hybridized carbons (Fsp3) is 0.538. The third-order valence-electron chi connectivity index (χ3n) is 3.69. The van der Waals surface area contributed by atoms with Crippen molar-refractivity contribution in [3.05, 3.63) is 39.9 Å². The van der Waals surface area contributed by atoms with Crippen molar-refractivity contribution in [3.8, 4) is 0 Å². The topological polar surface area (TPSA) is 43.1 Å². The Morgan fingerprint density at radius 2 is 2.00 bits per heavy atom. The van der Waals surface area contributed by atoms with Gasteiger partial charge in [-0.1, -0.05) is 25.5 Å². The predicted molar refractivity (Wildman–Crippen MR) is 63.5 cm³/mol. The van der Waals surface area contributed by atoms with Crippen LogP contribution in [0.25, 0.3) is 0 Å². The molecule has 3 nitrogen and oxygen atoms in total. The molecule has 0 aromatic heterocycles. The molecular weight excluding hydrogens is 202 g/mol. The standard InChI is InChI=1S/C13H17NO2/c1-2-10-3-4-12(9-10)11-5-7-13(8-6-11)14(15)16/h5-8,10,12H,2-4,9H2,1H3. The van der Waals surface area contributed by atoms with Crippen LogP contribution < -0.4 is 0 Å². The third-order valence-corrected chi connectivity index (χ3v) is 3.69. The quantitative estimate of drug-likeness (QED) is 0.571. The molecule has 1 aromatic carbocycles. The molecule has 1 saturated carbocycles. The highest BCUT2D eigenvalue weighted by Crippen LogP contribution is 2.39. The Morgan fingerprint density at radius 3 is 2.50 bits per heavy atom. The first-order valence-corrected chi connectivity index (χ1v) is 5.95. The molecule has 1 aromatic rings. The van der Waals surface area contributed by atoms with Crippen LogP contribution in [0.3, 0.4) is 0 Å². The van der Waals surface area contributed by atoms with Gasteiger partial charge in [-0.25, -0.2) is 0 Å². The molecule has 0 aliphatic heterocycles. The number of non-ortho nitro benzene ring substituents is 1. The molecular formula is C13H17NO2. The van der Waals surface area contributed by atoms with Gasteiger partial charge in [0.05, 0.1) is 4.92 Å². The van der Waals surface area contributed by atoms with E-state index in [4.69, 9.17) is 0 Å². The van der Waals surface area contributed by atoms with Gasteiger partial charge in [0.1, 0.15) is 0 Å². The molecule has 0 radical (unpaired) electrons. The number of hydrogen-bond donors (Lipinski definition) is 0. The average molecular weight is 219 g/mol. The number of nitrogens with zero attached hydrogens (tertiary/aromatic N) is 1. The van der Waals surface area contributed by atoms with Crippen LogP contribution in [0.4, 0.5) is 5.69 Å². The van der Waals surface area contributed by atoms with Crippen molar-refractivity contribution in [2.24, 2.45) is 5.92 Å². The van der Waals surface area contributed by atoms with Gasteiger partial charge in [0.2, 0.25) is 0 Å². The van der Waals surface area contributed by atoms with Crippen molar-refractivity contribution in [3.63, 3.8) is 0 Å². The maximum Gasteiger partial charge on any atom is 0.269 e. The van der Waals surface area contributed by atoms with Crippen LogP contribution in [-0.4, -0.2) is 4.92 Å². The van der Waals surface area contributed by atoms with E-state index in [-0.39, 0.29) is 10.6 Å². The summed E-state index contributed by atoms with van der Waals surface area (Å²) in [6, 6.07) is 7.07. The van der Waals surface area contributed by atoms with Crippen LogP contribution in [0.5, 0.6) is 0 Å². The van der Waals surface area contributed by atoms with Gasteiger partial charge >= 0.3 is 0 Å². The van der Waals surface area contributed by atoms with E-state index in [0.717, 1.165) is 5.92 Å². The SMILES string of the molecule is CCC1CCC(c2ccc([N+](=O)[O-])cc2)C1.